The summed E-state index contributed by atoms with van der Waals surface area (Å²) in [5.41, 5.74) is 2.34. The highest BCUT2D eigenvalue weighted by atomic mass is 35.5. The molecule has 0 saturated heterocycles. The highest BCUT2D eigenvalue weighted by Crippen LogP contribution is 2.38. The number of hydrogen-bond donors (Lipinski definition) is 1. The molecule has 8 heteroatoms. The molecule has 0 aliphatic carbocycles. The number of carbonyl (C=O) groups is 2. The molecule has 0 spiro atoms. The van der Waals surface area contributed by atoms with Crippen LogP contribution in [0.25, 0.3) is 0 Å². The quantitative estimate of drug-likeness (QED) is 0.626. The standard InChI is InChI=1S/C24H19ClN2O5/c1-14-24(29)27(12-16-4-2-3-5-18(16)25)19-11-17(7-9-20(19)32-14)26-23(28)15-6-8-21-22(10-15)31-13-30-21/h2-11,14H,12-13H2,1H3,(H,26,28). The van der Waals surface area contributed by atoms with E-state index in [2.05, 4.69) is 5.32 Å². The molecule has 5 rings (SSSR count). The zero-order chi connectivity index (χ0) is 22.2. The van der Waals surface area contributed by atoms with Crippen molar-refractivity contribution in [2.75, 3.05) is 17.0 Å². The van der Waals surface area contributed by atoms with E-state index in [-0.39, 0.29) is 18.6 Å². The van der Waals surface area contributed by atoms with Crippen LogP contribution >= 0.6 is 11.6 Å². The average Bonchev–Trinajstić information content (AvgIpc) is 3.26. The van der Waals surface area contributed by atoms with E-state index in [9.17, 15) is 9.59 Å². The van der Waals surface area contributed by atoms with Crippen molar-refractivity contribution < 1.29 is 23.8 Å². The first kappa shape index (κ1) is 20.2. The van der Waals surface area contributed by atoms with E-state index in [0.717, 1.165) is 5.56 Å². The predicted molar refractivity (Wildman–Crippen MR) is 120 cm³/mol. The van der Waals surface area contributed by atoms with Crippen molar-refractivity contribution in [3.8, 4) is 17.2 Å². The Morgan fingerprint density at radius 2 is 1.84 bits per heavy atom. The number of hydrogen-bond acceptors (Lipinski definition) is 5. The maximum Gasteiger partial charge on any atom is 0.268 e. The van der Waals surface area contributed by atoms with Gasteiger partial charge < -0.3 is 24.4 Å². The number of fused-ring (bicyclic) bond motifs is 2. The SMILES string of the molecule is CC1Oc2ccc(NC(=O)c3ccc4c(c3)OCO4)cc2N(Cc2ccccc2Cl)C1=O. The fourth-order valence-electron chi connectivity index (χ4n) is 3.69. The summed E-state index contributed by atoms with van der Waals surface area (Å²) in [5, 5.41) is 3.44. The van der Waals surface area contributed by atoms with Crippen LogP contribution < -0.4 is 24.4 Å². The molecule has 0 aromatic heterocycles. The van der Waals surface area contributed by atoms with E-state index in [1.165, 1.54) is 0 Å². The number of rotatable bonds is 4. The zero-order valence-corrected chi connectivity index (χ0v) is 17.9. The summed E-state index contributed by atoms with van der Waals surface area (Å²) in [4.78, 5) is 27.3. The largest absolute Gasteiger partial charge is 0.479 e. The van der Waals surface area contributed by atoms with Crippen LogP contribution in [0.3, 0.4) is 0 Å². The number of benzene rings is 3. The summed E-state index contributed by atoms with van der Waals surface area (Å²) in [6.45, 7) is 2.14. The molecule has 2 aliphatic rings. The van der Waals surface area contributed by atoms with Crippen molar-refractivity contribution >= 4 is 34.8 Å². The summed E-state index contributed by atoms with van der Waals surface area (Å²) >= 11 is 6.32. The molecule has 3 aromatic rings. The Kier molecular flexibility index (Phi) is 5.11. The Labute approximate surface area is 189 Å². The smallest absolute Gasteiger partial charge is 0.268 e. The van der Waals surface area contributed by atoms with Gasteiger partial charge >= 0.3 is 0 Å². The Balaban J connectivity index is 1.43. The predicted octanol–water partition coefficient (Wildman–Crippen LogP) is 4.64. The summed E-state index contributed by atoms with van der Waals surface area (Å²) < 4.78 is 16.4. The lowest BCUT2D eigenvalue weighted by molar-refractivity contribution is -0.125. The van der Waals surface area contributed by atoms with Crippen LogP contribution in [0.15, 0.2) is 60.7 Å². The molecule has 0 radical (unpaired) electrons. The van der Waals surface area contributed by atoms with Gasteiger partial charge in [-0.3, -0.25) is 9.59 Å². The van der Waals surface area contributed by atoms with Crippen LogP contribution in [-0.4, -0.2) is 24.7 Å². The summed E-state index contributed by atoms with van der Waals surface area (Å²) in [6.07, 6.45) is -0.626. The zero-order valence-electron chi connectivity index (χ0n) is 17.1. The fourth-order valence-corrected chi connectivity index (χ4v) is 3.88. The first-order valence-electron chi connectivity index (χ1n) is 10.1. The van der Waals surface area contributed by atoms with Crippen molar-refractivity contribution in [2.24, 2.45) is 0 Å². The van der Waals surface area contributed by atoms with Gasteiger partial charge in [-0.1, -0.05) is 29.8 Å². The second kappa shape index (κ2) is 8.09. The Bertz CT molecular complexity index is 1230. The van der Waals surface area contributed by atoms with Crippen molar-refractivity contribution in [3.05, 3.63) is 76.8 Å². The first-order chi connectivity index (χ1) is 15.5. The molecular weight excluding hydrogens is 432 g/mol. The van der Waals surface area contributed by atoms with Gasteiger partial charge in [0.1, 0.15) is 5.75 Å². The molecule has 2 aliphatic heterocycles. The molecule has 2 heterocycles. The minimum atomic E-state index is -0.626. The molecule has 0 fully saturated rings. The van der Waals surface area contributed by atoms with Gasteiger partial charge in [-0.15, -0.1) is 0 Å². The molecule has 1 N–H and O–H groups in total. The average molecular weight is 451 g/mol. The molecule has 2 amide bonds. The van der Waals surface area contributed by atoms with Crippen LogP contribution in [0.5, 0.6) is 17.2 Å². The van der Waals surface area contributed by atoms with Crippen molar-refractivity contribution in [1.29, 1.82) is 0 Å². The van der Waals surface area contributed by atoms with Gasteiger partial charge in [-0.25, -0.2) is 0 Å². The van der Waals surface area contributed by atoms with Crippen molar-refractivity contribution in [2.45, 2.75) is 19.6 Å². The van der Waals surface area contributed by atoms with Gasteiger partial charge in [-0.05, 0) is 55.0 Å². The van der Waals surface area contributed by atoms with Crippen LogP contribution in [0.1, 0.15) is 22.8 Å². The molecule has 0 bridgehead atoms. The normalized spacial score (nSPS) is 16.4. The fraction of sp³-hybridized carbons (Fsp3) is 0.167. The Morgan fingerprint density at radius 1 is 1.06 bits per heavy atom. The number of carbonyl (C=O) groups excluding carboxylic acids is 2. The number of nitrogens with zero attached hydrogens (tertiary/aromatic N) is 1. The van der Waals surface area contributed by atoms with Crippen LogP contribution in [0.2, 0.25) is 5.02 Å². The summed E-state index contributed by atoms with van der Waals surface area (Å²) in [6, 6.07) is 17.6. The van der Waals surface area contributed by atoms with Crippen LogP contribution in [0.4, 0.5) is 11.4 Å². The maximum atomic E-state index is 12.9. The topological polar surface area (TPSA) is 77.1 Å². The molecule has 32 heavy (non-hydrogen) atoms. The second-order valence-corrected chi connectivity index (χ2v) is 7.89. The molecule has 7 nitrogen and oxygen atoms in total. The van der Waals surface area contributed by atoms with Gasteiger partial charge in [-0.2, -0.15) is 0 Å². The molecule has 1 atom stereocenters. The molecule has 0 saturated carbocycles. The second-order valence-electron chi connectivity index (χ2n) is 7.48. The molecule has 162 valence electrons. The third kappa shape index (κ3) is 3.71. The molecule has 1 unspecified atom stereocenters. The Morgan fingerprint density at radius 3 is 2.69 bits per heavy atom. The Hall–Kier alpha value is -3.71. The number of halogens is 1. The summed E-state index contributed by atoms with van der Waals surface area (Å²) in [5.74, 6) is 1.21. The van der Waals surface area contributed by atoms with E-state index >= 15 is 0 Å². The van der Waals surface area contributed by atoms with E-state index in [1.54, 1.807) is 54.3 Å². The number of anilines is 2. The third-order valence-electron chi connectivity index (χ3n) is 5.35. The van der Waals surface area contributed by atoms with E-state index in [0.29, 0.717) is 45.8 Å². The molecule has 3 aromatic carbocycles. The van der Waals surface area contributed by atoms with Crippen molar-refractivity contribution in [1.82, 2.24) is 0 Å². The number of ether oxygens (including phenoxy) is 3. The molecular formula is C24H19ClN2O5. The monoisotopic (exact) mass is 450 g/mol. The van der Waals surface area contributed by atoms with Gasteiger partial charge in [0.25, 0.3) is 11.8 Å². The van der Waals surface area contributed by atoms with E-state index < -0.39 is 6.10 Å². The number of amides is 2. The van der Waals surface area contributed by atoms with Gasteiger partial charge in [0.05, 0.1) is 12.2 Å². The highest BCUT2D eigenvalue weighted by molar-refractivity contribution is 6.31. The highest BCUT2D eigenvalue weighted by Gasteiger charge is 2.32. The van der Waals surface area contributed by atoms with Crippen LogP contribution in [-0.2, 0) is 11.3 Å². The first-order valence-corrected chi connectivity index (χ1v) is 10.4. The van der Waals surface area contributed by atoms with Gasteiger partial charge in [0.2, 0.25) is 6.79 Å². The summed E-state index contributed by atoms with van der Waals surface area (Å²) in [7, 11) is 0. The van der Waals surface area contributed by atoms with E-state index in [4.69, 9.17) is 25.8 Å². The lowest BCUT2D eigenvalue weighted by atomic mass is 10.1. The van der Waals surface area contributed by atoms with Crippen molar-refractivity contribution in [3.63, 3.8) is 0 Å². The minimum absolute atomic E-state index is 0.138. The maximum absolute atomic E-state index is 12.9. The lowest BCUT2D eigenvalue weighted by Gasteiger charge is -2.33. The third-order valence-corrected chi connectivity index (χ3v) is 5.71. The van der Waals surface area contributed by atoms with Gasteiger partial charge in [0, 0.05) is 16.3 Å². The minimum Gasteiger partial charge on any atom is -0.479 e. The number of nitrogens with one attached hydrogen (secondary N) is 1. The van der Waals surface area contributed by atoms with Crippen LogP contribution in [0, 0.1) is 0 Å². The van der Waals surface area contributed by atoms with Gasteiger partial charge in [0.15, 0.2) is 17.6 Å². The van der Waals surface area contributed by atoms with E-state index in [1.807, 2.05) is 18.2 Å². The lowest BCUT2D eigenvalue weighted by Crippen LogP contribution is -2.44.